The first-order valence-electron chi connectivity index (χ1n) is 7.05. The molecule has 0 aliphatic carbocycles. The molecule has 0 unspecified atom stereocenters. The predicted molar refractivity (Wildman–Crippen MR) is 85.4 cm³/mol. The lowest BCUT2D eigenvalue weighted by molar-refractivity contribution is -0.139. The minimum absolute atomic E-state index is 0.214. The smallest absolute Gasteiger partial charge is 0.309 e. The Morgan fingerprint density at radius 2 is 1.76 bits per heavy atom. The SMILES string of the molecule is COC(=O)Cc1ccccc1CNc1cccc(C)c1C. The zero-order valence-corrected chi connectivity index (χ0v) is 12.8. The zero-order valence-electron chi connectivity index (χ0n) is 12.8. The number of benzene rings is 2. The van der Waals surface area contributed by atoms with Gasteiger partial charge in [0.15, 0.2) is 0 Å². The number of carbonyl (C=O) groups excluding carboxylic acids is 1. The molecule has 0 saturated heterocycles. The maximum absolute atomic E-state index is 11.5. The number of rotatable bonds is 5. The summed E-state index contributed by atoms with van der Waals surface area (Å²) in [5, 5.41) is 3.45. The molecule has 0 fully saturated rings. The highest BCUT2D eigenvalue weighted by Crippen LogP contribution is 2.20. The van der Waals surface area contributed by atoms with Crippen LogP contribution in [0.1, 0.15) is 22.3 Å². The van der Waals surface area contributed by atoms with Gasteiger partial charge in [0, 0.05) is 12.2 Å². The first-order valence-corrected chi connectivity index (χ1v) is 7.05. The molecule has 1 N–H and O–H groups in total. The molecule has 0 aliphatic heterocycles. The van der Waals surface area contributed by atoms with Crippen molar-refractivity contribution in [1.29, 1.82) is 0 Å². The van der Waals surface area contributed by atoms with Crippen LogP contribution in [0.5, 0.6) is 0 Å². The van der Waals surface area contributed by atoms with Gasteiger partial charge in [0.2, 0.25) is 0 Å². The third kappa shape index (κ3) is 3.85. The summed E-state index contributed by atoms with van der Waals surface area (Å²) in [5.74, 6) is -0.214. The van der Waals surface area contributed by atoms with E-state index in [-0.39, 0.29) is 5.97 Å². The third-order valence-corrected chi connectivity index (χ3v) is 3.75. The first-order chi connectivity index (χ1) is 10.1. The topological polar surface area (TPSA) is 38.3 Å². The van der Waals surface area contributed by atoms with Crippen molar-refractivity contribution in [2.24, 2.45) is 0 Å². The molecule has 0 spiro atoms. The average Bonchev–Trinajstić information content (AvgIpc) is 2.50. The van der Waals surface area contributed by atoms with Crippen LogP contribution >= 0.6 is 0 Å². The van der Waals surface area contributed by atoms with Crippen molar-refractivity contribution >= 4 is 11.7 Å². The van der Waals surface area contributed by atoms with Crippen molar-refractivity contribution in [1.82, 2.24) is 0 Å². The van der Waals surface area contributed by atoms with Gasteiger partial charge in [-0.1, -0.05) is 36.4 Å². The molecular formula is C18H21NO2. The fourth-order valence-electron chi connectivity index (χ4n) is 2.26. The summed E-state index contributed by atoms with van der Waals surface area (Å²) >= 11 is 0. The van der Waals surface area contributed by atoms with E-state index in [1.165, 1.54) is 18.2 Å². The molecule has 0 heterocycles. The maximum atomic E-state index is 11.5. The van der Waals surface area contributed by atoms with Gasteiger partial charge in [-0.3, -0.25) is 4.79 Å². The van der Waals surface area contributed by atoms with Gasteiger partial charge in [0.1, 0.15) is 0 Å². The van der Waals surface area contributed by atoms with E-state index in [1.54, 1.807) is 0 Å². The zero-order chi connectivity index (χ0) is 15.2. The number of esters is 1. The van der Waals surface area contributed by atoms with Crippen LogP contribution in [0, 0.1) is 13.8 Å². The summed E-state index contributed by atoms with van der Waals surface area (Å²) in [5.41, 5.74) is 5.76. The van der Waals surface area contributed by atoms with Crippen LogP contribution in [0.2, 0.25) is 0 Å². The van der Waals surface area contributed by atoms with Gasteiger partial charge in [-0.15, -0.1) is 0 Å². The molecule has 3 nitrogen and oxygen atoms in total. The summed E-state index contributed by atoms with van der Waals surface area (Å²) in [6.45, 7) is 4.90. The Balaban J connectivity index is 2.13. The number of anilines is 1. The van der Waals surface area contributed by atoms with E-state index in [2.05, 4.69) is 31.3 Å². The average molecular weight is 283 g/mol. The summed E-state index contributed by atoms with van der Waals surface area (Å²) in [4.78, 5) is 11.5. The number of methoxy groups -OCH3 is 1. The second-order valence-electron chi connectivity index (χ2n) is 5.12. The highest BCUT2D eigenvalue weighted by Gasteiger charge is 2.08. The van der Waals surface area contributed by atoms with E-state index < -0.39 is 0 Å². The summed E-state index contributed by atoms with van der Waals surface area (Å²) < 4.78 is 4.75. The molecule has 0 radical (unpaired) electrons. The standard InChI is InChI=1S/C18H21NO2/c1-13-7-6-10-17(14(13)2)19-12-16-9-5-4-8-15(16)11-18(20)21-3/h4-10,19H,11-12H2,1-3H3. The van der Waals surface area contributed by atoms with Crippen molar-refractivity contribution in [2.75, 3.05) is 12.4 Å². The molecule has 2 aromatic rings. The van der Waals surface area contributed by atoms with Gasteiger partial charge in [-0.05, 0) is 42.2 Å². The van der Waals surface area contributed by atoms with Gasteiger partial charge < -0.3 is 10.1 Å². The molecule has 0 amide bonds. The maximum Gasteiger partial charge on any atom is 0.309 e. The monoisotopic (exact) mass is 283 g/mol. The van der Waals surface area contributed by atoms with Crippen LogP contribution in [0.15, 0.2) is 42.5 Å². The number of hydrogen-bond acceptors (Lipinski definition) is 3. The summed E-state index contributed by atoms with van der Waals surface area (Å²) in [7, 11) is 1.42. The Kier molecular flexibility index (Phi) is 4.99. The minimum atomic E-state index is -0.214. The number of carbonyl (C=O) groups is 1. The molecule has 0 atom stereocenters. The second-order valence-corrected chi connectivity index (χ2v) is 5.12. The lowest BCUT2D eigenvalue weighted by Gasteiger charge is -2.13. The van der Waals surface area contributed by atoms with E-state index in [0.717, 1.165) is 16.8 Å². The van der Waals surface area contributed by atoms with E-state index in [1.807, 2.05) is 30.3 Å². The second kappa shape index (κ2) is 6.93. The molecule has 2 rings (SSSR count). The van der Waals surface area contributed by atoms with E-state index >= 15 is 0 Å². The van der Waals surface area contributed by atoms with Crippen LogP contribution in [0.4, 0.5) is 5.69 Å². The summed E-state index contributed by atoms with van der Waals surface area (Å²) in [6.07, 6.45) is 0.307. The highest BCUT2D eigenvalue weighted by molar-refractivity contribution is 5.73. The Morgan fingerprint density at radius 1 is 1.05 bits per heavy atom. The molecule has 3 heteroatoms. The highest BCUT2D eigenvalue weighted by atomic mass is 16.5. The van der Waals surface area contributed by atoms with Crippen LogP contribution in [0.3, 0.4) is 0 Å². The number of aryl methyl sites for hydroxylation is 1. The Labute approximate surface area is 126 Å². The van der Waals surface area contributed by atoms with Gasteiger partial charge in [0.25, 0.3) is 0 Å². The molecule has 110 valence electrons. The van der Waals surface area contributed by atoms with Crippen LogP contribution in [-0.4, -0.2) is 13.1 Å². The lowest BCUT2D eigenvalue weighted by atomic mass is 10.0. The van der Waals surface area contributed by atoms with Crippen molar-refractivity contribution in [2.45, 2.75) is 26.8 Å². The summed E-state index contributed by atoms with van der Waals surface area (Å²) in [6, 6.07) is 14.2. The Hall–Kier alpha value is -2.29. The van der Waals surface area contributed by atoms with Crippen molar-refractivity contribution in [3.05, 3.63) is 64.7 Å². The van der Waals surface area contributed by atoms with Gasteiger partial charge >= 0.3 is 5.97 Å². The van der Waals surface area contributed by atoms with Crippen molar-refractivity contribution in [3.63, 3.8) is 0 Å². The van der Waals surface area contributed by atoms with Gasteiger partial charge in [0.05, 0.1) is 13.5 Å². The number of nitrogens with one attached hydrogen (secondary N) is 1. The molecule has 0 aromatic heterocycles. The predicted octanol–water partition coefficient (Wildman–Crippen LogP) is 3.63. The first kappa shape index (κ1) is 15.1. The van der Waals surface area contributed by atoms with Crippen LogP contribution in [0.25, 0.3) is 0 Å². The molecule has 2 aromatic carbocycles. The quantitative estimate of drug-likeness (QED) is 0.852. The fraction of sp³-hybridized carbons (Fsp3) is 0.278. The normalized spacial score (nSPS) is 10.2. The molecule has 0 saturated carbocycles. The third-order valence-electron chi connectivity index (χ3n) is 3.75. The van der Waals surface area contributed by atoms with Crippen molar-refractivity contribution in [3.8, 4) is 0 Å². The Bertz CT molecular complexity index is 635. The largest absolute Gasteiger partial charge is 0.469 e. The lowest BCUT2D eigenvalue weighted by Crippen LogP contribution is -2.09. The number of ether oxygens (including phenoxy) is 1. The fourth-order valence-corrected chi connectivity index (χ4v) is 2.26. The Morgan fingerprint density at radius 3 is 2.48 bits per heavy atom. The van der Waals surface area contributed by atoms with Crippen LogP contribution < -0.4 is 5.32 Å². The molecule has 0 bridgehead atoms. The molecule has 0 aliphatic rings. The van der Waals surface area contributed by atoms with E-state index in [9.17, 15) is 4.79 Å². The van der Waals surface area contributed by atoms with Gasteiger partial charge in [-0.2, -0.15) is 0 Å². The van der Waals surface area contributed by atoms with Gasteiger partial charge in [-0.25, -0.2) is 0 Å². The minimum Gasteiger partial charge on any atom is -0.469 e. The molecule has 21 heavy (non-hydrogen) atoms. The van der Waals surface area contributed by atoms with Crippen LogP contribution in [-0.2, 0) is 22.5 Å². The van der Waals surface area contributed by atoms with E-state index in [4.69, 9.17) is 4.74 Å². The number of hydrogen-bond donors (Lipinski definition) is 1. The van der Waals surface area contributed by atoms with E-state index in [0.29, 0.717) is 13.0 Å². The van der Waals surface area contributed by atoms with Crippen molar-refractivity contribution < 1.29 is 9.53 Å². The molecular weight excluding hydrogens is 262 g/mol.